The fourth-order valence-corrected chi connectivity index (χ4v) is 4.20. The summed E-state index contributed by atoms with van der Waals surface area (Å²) in [6.45, 7) is 1.92. The number of halogens is 4. The van der Waals surface area contributed by atoms with Crippen molar-refractivity contribution in [2.75, 3.05) is 0 Å². The Balaban J connectivity index is 0.00000161. The summed E-state index contributed by atoms with van der Waals surface area (Å²) in [6.07, 6.45) is 0. The van der Waals surface area contributed by atoms with E-state index >= 15 is 0 Å². The molecule has 3 aromatic rings. The fraction of sp³-hybridized carbons (Fsp3) is 0.125. The van der Waals surface area contributed by atoms with Crippen LogP contribution in [0, 0.1) is 6.92 Å². The quantitative estimate of drug-likeness (QED) is 0.576. The Bertz CT molecular complexity index is 757. The minimum atomic E-state index is -4.25. The molecule has 0 bridgehead atoms. The molecule has 3 rings (SSSR count). The molecular formula is C16H12BrF3S. The van der Waals surface area contributed by atoms with Gasteiger partial charge in [0.25, 0.3) is 0 Å². The third-order valence-corrected chi connectivity index (χ3v) is 5.28. The Labute approximate surface area is 134 Å². The van der Waals surface area contributed by atoms with Crippen molar-refractivity contribution in [3.05, 3.63) is 60.2 Å². The Kier molecular flexibility index (Phi) is 4.44. The Morgan fingerprint density at radius 2 is 1.52 bits per heavy atom. The maximum atomic E-state index is 13.4. The van der Waals surface area contributed by atoms with Gasteiger partial charge in [-0.2, -0.15) is 0 Å². The number of aryl methyl sites for hydroxylation is 1. The number of rotatable bonds is 1. The summed E-state index contributed by atoms with van der Waals surface area (Å²) in [4.78, 5) is 0.360. The average molecular weight is 373 g/mol. The largest absolute Gasteiger partial charge is 1.00 e. The average Bonchev–Trinajstić information content (AvgIpc) is 2.78. The molecule has 2 aromatic carbocycles. The van der Waals surface area contributed by atoms with Crippen molar-refractivity contribution in [1.82, 2.24) is 0 Å². The van der Waals surface area contributed by atoms with E-state index in [9.17, 15) is 13.2 Å². The second-order valence-corrected chi connectivity index (χ2v) is 6.62. The van der Waals surface area contributed by atoms with Crippen molar-refractivity contribution in [3.63, 3.8) is 0 Å². The van der Waals surface area contributed by atoms with Crippen molar-refractivity contribution >= 4 is 20.6 Å². The van der Waals surface area contributed by atoms with Gasteiger partial charge >= 0.3 is 5.51 Å². The van der Waals surface area contributed by atoms with E-state index in [2.05, 4.69) is 0 Å². The summed E-state index contributed by atoms with van der Waals surface area (Å²) in [5, 5.41) is 0.670. The summed E-state index contributed by atoms with van der Waals surface area (Å²) in [7, 11) is -1.85. The lowest BCUT2D eigenvalue weighted by molar-refractivity contribution is -0.0864. The van der Waals surface area contributed by atoms with Crippen molar-refractivity contribution in [1.29, 1.82) is 0 Å². The fourth-order valence-electron chi connectivity index (χ4n) is 2.27. The molecule has 0 saturated heterocycles. The van der Waals surface area contributed by atoms with E-state index in [0.29, 0.717) is 20.5 Å². The molecule has 0 fully saturated rings. The highest BCUT2D eigenvalue weighted by molar-refractivity contribution is 7.41. The van der Waals surface area contributed by atoms with Crippen LogP contribution in [0.25, 0.3) is 20.5 Å². The van der Waals surface area contributed by atoms with Crippen LogP contribution in [0.5, 0.6) is 0 Å². The first kappa shape index (κ1) is 16.0. The van der Waals surface area contributed by atoms with E-state index in [4.69, 9.17) is 0 Å². The van der Waals surface area contributed by atoms with Crippen LogP contribution in [0.4, 0.5) is 13.2 Å². The van der Waals surface area contributed by atoms with Gasteiger partial charge in [0, 0.05) is 17.0 Å². The van der Waals surface area contributed by atoms with Crippen LogP contribution >= 0.6 is 10.5 Å². The second kappa shape index (κ2) is 5.81. The van der Waals surface area contributed by atoms with Gasteiger partial charge in [-0.1, -0.05) is 29.8 Å². The first-order valence-corrected chi connectivity index (χ1v) is 7.38. The van der Waals surface area contributed by atoms with Crippen LogP contribution < -0.4 is 17.0 Å². The Hall–Kier alpha value is -1.33. The molecule has 21 heavy (non-hydrogen) atoms. The van der Waals surface area contributed by atoms with Gasteiger partial charge in [-0.05, 0) is 31.2 Å². The molecule has 1 aromatic heterocycles. The maximum Gasteiger partial charge on any atom is 0.601 e. The molecule has 110 valence electrons. The van der Waals surface area contributed by atoms with Crippen LogP contribution in [0.1, 0.15) is 5.56 Å². The van der Waals surface area contributed by atoms with Gasteiger partial charge in [0.2, 0.25) is 0 Å². The van der Waals surface area contributed by atoms with E-state index in [1.54, 1.807) is 42.5 Å². The van der Waals surface area contributed by atoms with Crippen LogP contribution in [-0.2, 0) is 5.51 Å². The van der Waals surface area contributed by atoms with Crippen LogP contribution in [0.15, 0.2) is 54.6 Å². The van der Waals surface area contributed by atoms with Crippen molar-refractivity contribution in [3.8, 4) is 10.4 Å². The van der Waals surface area contributed by atoms with Gasteiger partial charge in [0.05, 0.1) is 0 Å². The Morgan fingerprint density at radius 1 is 0.905 bits per heavy atom. The van der Waals surface area contributed by atoms with E-state index < -0.39 is 16.0 Å². The molecule has 0 aliphatic heterocycles. The lowest BCUT2D eigenvalue weighted by atomic mass is 10.1. The summed E-state index contributed by atoms with van der Waals surface area (Å²) in [6, 6.07) is 15.6. The monoisotopic (exact) mass is 372 g/mol. The standard InChI is InChI=1S/C16H12F3S.BrH/c1-11-6-8-12(9-7-11)15-10-13-4-2-3-5-14(13)20(15)16(17,18)19;/h2-10H,1H3;1H/q+1;/p-1. The van der Waals surface area contributed by atoms with Gasteiger partial charge in [0.1, 0.15) is 10.5 Å². The molecule has 0 spiro atoms. The molecule has 1 heterocycles. The first-order chi connectivity index (χ1) is 9.47. The lowest BCUT2D eigenvalue weighted by Crippen LogP contribution is -3.00. The third-order valence-electron chi connectivity index (χ3n) is 3.21. The highest BCUT2D eigenvalue weighted by atomic mass is 79.9. The topological polar surface area (TPSA) is 0 Å². The van der Waals surface area contributed by atoms with Gasteiger partial charge in [-0.25, -0.2) is 0 Å². The van der Waals surface area contributed by atoms with E-state index in [-0.39, 0.29) is 17.0 Å². The summed E-state index contributed by atoms with van der Waals surface area (Å²) < 4.78 is 40.6. The van der Waals surface area contributed by atoms with Crippen molar-refractivity contribution < 1.29 is 30.2 Å². The van der Waals surface area contributed by atoms with Crippen LogP contribution in [0.3, 0.4) is 0 Å². The zero-order valence-corrected chi connectivity index (χ0v) is 13.5. The van der Waals surface area contributed by atoms with Gasteiger partial charge < -0.3 is 17.0 Å². The molecule has 5 heteroatoms. The zero-order valence-electron chi connectivity index (χ0n) is 11.1. The zero-order chi connectivity index (χ0) is 14.3. The molecule has 0 amide bonds. The number of thiophene rings is 1. The van der Waals surface area contributed by atoms with Crippen molar-refractivity contribution in [2.24, 2.45) is 0 Å². The normalized spacial score (nSPS) is 12.3. The number of benzene rings is 2. The number of hydrogen-bond acceptors (Lipinski definition) is 0. The van der Waals surface area contributed by atoms with E-state index in [0.717, 1.165) is 5.56 Å². The molecule has 0 N–H and O–H groups in total. The summed E-state index contributed by atoms with van der Waals surface area (Å²) in [5.41, 5.74) is -2.56. The molecule has 1 atom stereocenters. The highest BCUT2D eigenvalue weighted by Gasteiger charge is 2.48. The molecular weight excluding hydrogens is 361 g/mol. The molecule has 0 aliphatic rings. The lowest BCUT2D eigenvalue weighted by Gasteiger charge is -2.01. The number of alkyl halides is 3. The molecule has 0 saturated carbocycles. The minimum Gasteiger partial charge on any atom is -1.00 e. The molecule has 1 unspecified atom stereocenters. The van der Waals surface area contributed by atoms with Gasteiger partial charge in [-0.15, -0.1) is 13.2 Å². The third kappa shape index (κ3) is 2.99. The van der Waals surface area contributed by atoms with Crippen LogP contribution in [-0.4, -0.2) is 0 Å². The molecule has 0 nitrogen and oxygen atoms in total. The molecule has 0 aliphatic carbocycles. The SMILES string of the molecule is Cc1ccc(-c2cc3ccccc3[s+]2C(F)(F)F)cc1.[Br-]. The highest BCUT2D eigenvalue weighted by Crippen LogP contribution is 2.54. The molecule has 0 radical (unpaired) electrons. The predicted octanol–water partition coefficient (Wildman–Crippen LogP) is 3.04. The predicted molar refractivity (Wildman–Crippen MR) is 77.9 cm³/mol. The Morgan fingerprint density at radius 3 is 2.14 bits per heavy atom. The van der Waals surface area contributed by atoms with E-state index in [1.807, 2.05) is 19.1 Å². The first-order valence-electron chi connectivity index (χ1n) is 6.16. The second-order valence-electron chi connectivity index (χ2n) is 4.66. The summed E-state index contributed by atoms with van der Waals surface area (Å²) >= 11 is 0. The smallest absolute Gasteiger partial charge is 0.601 e. The van der Waals surface area contributed by atoms with Gasteiger partial charge in [-0.3, -0.25) is 0 Å². The van der Waals surface area contributed by atoms with E-state index in [1.165, 1.54) is 0 Å². The number of fused-ring (bicyclic) bond motifs is 1. The van der Waals surface area contributed by atoms with Crippen molar-refractivity contribution in [2.45, 2.75) is 12.4 Å². The maximum absolute atomic E-state index is 13.4. The minimum absolute atomic E-state index is 0. The number of hydrogen-bond donors (Lipinski definition) is 0. The van der Waals surface area contributed by atoms with Crippen LogP contribution in [0.2, 0.25) is 0 Å². The van der Waals surface area contributed by atoms with Gasteiger partial charge in [0.15, 0.2) is 9.58 Å². The summed E-state index contributed by atoms with van der Waals surface area (Å²) in [5.74, 6) is 0.